The fraction of sp³-hybridized carbons (Fsp3) is 0.222. The van der Waals surface area contributed by atoms with Crippen molar-refractivity contribution >= 4 is 34.7 Å². The summed E-state index contributed by atoms with van der Waals surface area (Å²) in [5, 5.41) is 30.7. The van der Waals surface area contributed by atoms with Crippen molar-refractivity contribution in [1.29, 1.82) is 0 Å². The number of urea groups is 1. The monoisotopic (exact) mass is 402 g/mol. The molecule has 11 heteroatoms. The quantitative estimate of drug-likeness (QED) is 0.428. The van der Waals surface area contributed by atoms with Gasteiger partial charge in [0, 0.05) is 12.3 Å². The topological polar surface area (TPSA) is 143 Å². The lowest BCUT2D eigenvalue weighted by molar-refractivity contribution is 0.198. The second-order valence-electron chi connectivity index (χ2n) is 6.19. The molecule has 3 rings (SSSR count). The van der Waals surface area contributed by atoms with Crippen LogP contribution in [0.5, 0.6) is 0 Å². The van der Waals surface area contributed by atoms with E-state index in [2.05, 4.69) is 25.8 Å². The van der Waals surface area contributed by atoms with Crippen molar-refractivity contribution in [2.45, 2.75) is 13.0 Å². The summed E-state index contributed by atoms with van der Waals surface area (Å²) in [6, 6.07) is 6.42. The van der Waals surface area contributed by atoms with Crippen LogP contribution in [-0.4, -0.2) is 50.7 Å². The number of hydrogen-bond acceptors (Lipinski definition) is 5. The van der Waals surface area contributed by atoms with Crippen LogP contribution in [0.4, 0.5) is 25.6 Å². The summed E-state index contributed by atoms with van der Waals surface area (Å²) in [6.07, 6.45) is 0.115. The first-order valence-electron chi connectivity index (χ1n) is 8.67. The van der Waals surface area contributed by atoms with E-state index in [1.807, 2.05) is 0 Å². The van der Waals surface area contributed by atoms with Crippen molar-refractivity contribution < 1.29 is 24.2 Å². The Balaban J connectivity index is 1.71. The molecule has 0 radical (unpaired) electrons. The van der Waals surface area contributed by atoms with Crippen LogP contribution in [0, 0.1) is 5.82 Å². The number of hydrogen-bond donors (Lipinski definition) is 5. The van der Waals surface area contributed by atoms with Gasteiger partial charge in [-0.05, 0) is 24.6 Å². The van der Waals surface area contributed by atoms with E-state index in [1.54, 1.807) is 19.1 Å². The molecule has 0 aliphatic rings. The van der Waals surface area contributed by atoms with Gasteiger partial charge >= 0.3 is 12.1 Å². The third-order valence-corrected chi connectivity index (χ3v) is 4.20. The summed E-state index contributed by atoms with van der Waals surface area (Å²) < 4.78 is 13.0. The number of nitrogens with one attached hydrogen (secondary N) is 3. The van der Waals surface area contributed by atoms with Crippen LogP contribution in [0.3, 0.4) is 0 Å². The van der Waals surface area contributed by atoms with Gasteiger partial charge in [-0.3, -0.25) is 15.3 Å². The zero-order chi connectivity index (χ0) is 21.0. The maximum absolute atomic E-state index is 13.0. The maximum Gasteiger partial charge on any atom is 0.413 e. The van der Waals surface area contributed by atoms with Gasteiger partial charge in [0.1, 0.15) is 11.6 Å². The third-order valence-electron chi connectivity index (χ3n) is 4.20. The average molecular weight is 402 g/mol. The first-order chi connectivity index (χ1) is 13.9. The Hall–Kier alpha value is -3.73. The van der Waals surface area contributed by atoms with Crippen molar-refractivity contribution in [3.8, 4) is 0 Å². The van der Waals surface area contributed by atoms with Crippen molar-refractivity contribution in [1.82, 2.24) is 20.5 Å². The summed E-state index contributed by atoms with van der Waals surface area (Å²) in [5.41, 5.74) is 1.20. The number of rotatable bonds is 6. The third kappa shape index (κ3) is 4.58. The number of H-pyrrole nitrogens is 1. The number of aromatic amines is 1. The van der Waals surface area contributed by atoms with Gasteiger partial charge in [0.15, 0.2) is 5.82 Å². The van der Waals surface area contributed by atoms with E-state index >= 15 is 0 Å². The van der Waals surface area contributed by atoms with Gasteiger partial charge < -0.3 is 15.5 Å². The maximum atomic E-state index is 13.0. The van der Waals surface area contributed by atoms with E-state index in [0.29, 0.717) is 10.9 Å². The van der Waals surface area contributed by atoms with Crippen LogP contribution in [0.2, 0.25) is 0 Å². The predicted octanol–water partition coefficient (Wildman–Crippen LogP) is 2.46. The Morgan fingerprint density at radius 2 is 2.03 bits per heavy atom. The molecular weight excluding hydrogens is 383 g/mol. The van der Waals surface area contributed by atoms with Crippen LogP contribution in [0.1, 0.15) is 18.5 Å². The van der Waals surface area contributed by atoms with E-state index in [4.69, 9.17) is 5.11 Å². The first kappa shape index (κ1) is 20.0. The zero-order valence-corrected chi connectivity index (χ0v) is 15.4. The van der Waals surface area contributed by atoms with Crippen LogP contribution < -0.4 is 15.5 Å². The van der Waals surface area contributed by atoms with Crippen molar-refractivity contribution in [3.05, 3.63) is 47.9 Å². The van der Waals surface area contributed by atoms with E-state index in [1.165, 1.54) is 24.4 Å². The fourth-order valence-electron chi connectivity index (χ4n) is 2.75. The Morgan fingerprint density at radius 1 is 1.31 bits per heavy atom. The second-order valence-corrected chi connectivity index (χ2v) is 6.19. The second kappa shape index (κ2) is 8.52. The molecule has 0 unspecified atom stereocenters. The SMILES string of the molecule is C[C@@H](NC(=O)Nc1cc2[nH]nc(N(CCO)C(=O)O)c2cn1)c1ccc(F)cc1. The molecule has 29 heavy (non-hydrogen) atoms. The van der Waals surface area contributed by atoms with Gasteiger partial charge in [0.25, 0.3) is 0 Å². The number of aliphatic hydroxyl groups is 1. The average Bonchev–Trinajstić information content (AvgIpc) is 3.09. The number of pyridine rings is 1. The van der Waals surface area contributed by atoms with E-state index < -0.39 is 12.1 Å². The highest BCUT2D eigenvalue weighted by atomic mass is 19.1. The lowest BCUT2D eigenvalue weighted by atomic mass is 10.1. The molecule has 0 saturated heterocycles. The van der Waals surface area contributed by atoms with Crippen molar-refractivity contribution in [3.63, 3.8) is 0 Å². The number of carbonyl (C=O) groups excluding carboxylic acids is 1. The molecule has 152 valence electrons. The molecule has 0 bridgehead atoms. The number of halogens is 1. The number of carboxylic acid groups (broad SMARTS) is 1. The van der Waals surface area contributed by atoms with Crippen LogP contribution >= 0.6 is 0 Å². The van der Waals surface area contributed by atoms with Crippen LogP contribution in [-0.2, 0) is 0 Å². The molecule has 0 aliphatic heterocycles. The van der Waals surface area contributed by atoms with Gasteiger partial charge in [0.2, 0.25) is 0 Å². The fourth-order valence-corrected chi connectivity index (χ4v) is 2.75. The smallest absolute Gasteiger partial charge is 0.413 e. The van der Waals surface area contributed by atoms with Gasteiger partial charge in [0.05, 0.1) is 30.1 Å². The summed E-state index contributed by atoms with van der Waals surface area (Å²) >= 11 is 0. The highest BCUT2D eigenvalue weighted by Gasteiger charge is 2.20. The van der Waals surface area contributed by atoms with Crippen molar-refractivity contribution in [2.75, 3.05) is 23.4 Å². The largest absolute Gasteiger partial charge is 0.465 e. The Labute approximate surface area is 164 Å². The molecule has 0 saturated carbocycles. The number of anilines is 2. The highest BCUT2D eigenvalue weighted by molar-refractivity contribution is 5.99. The lowest BCUT2D eigenvalue weighted by Gasteiger charge is -2.15. The lowest BCUT2D eigenvalue weighted by Crippen LogP contribution is -2.32. The number of amides is 3. The van der Waals surface area contributed by atoms with Crippen LogP contribution in [0.25, 0.3) is 10.9 Å². The summed E-state index contributed by atoms with van der Waals surface area (Å²) in [6.45, 7) is 1.26. The molecule has 10 nitrogen and oxygen atoms in total. The number of fused-ring (bicyclic) bond motifs is 1. The molecule has 0 aliphatic carbocycles. The minimum absolute atomic E-state index is 0.106. The standard InChI is InChI=1S/C18H19FN6O4/c1-10(11-2-4-12(19)5-3-11)21-17(27)22-15-8-14-13(9-20-15)16(24-23-14)25(6-7-26)18(28)29/h2-5,8-10,26H,6-7H2,1H3,(H,23,24)(H,28,29)(H2,20,21,22,27)/t10-/m1/s1. The van der Waals surface area contributed by atoms with E-state index in [0.717, 1.165) is 10.5 Å². The Bertz CT molecular complexity index is 1020. The Kier molecular flexibility index (Phi) is 5.88. The van der Waals surface area contributed by atoms with E-state index in [-0.39, 0.29) is 36.6 Å². The number of aliphatic hydroxyl groups excluding tert-OH is 1. The summed E-state index contributed by atoms with van der Waals surface area (Å²) in [4.78, 5) is 28.6. The molecule has 3 aromatic rings. The number of carbonyl (C=O) groups is 2. The minimum atomic E-state index is -1.26. The Morgan fingerprint density at radius 3 is 2.69 bits per heavy atom. The molecule has 3 amide bonds. The van der Waals surface area contributed by atoms with Gasteiger partial charge in [-0.1, -0.05) is 12.1 Å². The molecule has 2 heterocycles. The molecule has 2 aromatic heterocycles. The molecule has 1 aromatic carbocycles. The predicted molar refractivity (Wildman–Crippen MR) is 103 cm³/mol. The molecule has 5 N–H and O–H groups in total. The minimum Gasteiger partial charge on any atom is -0.465 e. The molecule has 0 spiro atoms. The number of nitrogens with zero attached hydrogens (tertiary/aromatic N) is 3. The van der Waals surface area contributed by atoms with E-state index in [9.17, 15) is 19.1 Å². The number of benzene rings is 1. The zero-order valence-electron chi connectivity index (χ0n) is 15.4. The molecule has 0 fully saturated rings. The van der Waals surface area contributed by atoms with Gasteiger partial charge in [-0.15, -0.1) is 0 Å². The highest BCUT2D eigenvalue weighted by Crippen LogP contribution is 2.25. The number of aromatic nitrogens is 3. The van der Waals surface area contributed by atoms with Crippen molar-refractivity contribution in [2.24, 2.45) is 0 Å². The van der Waals surface area contributed by atoms with Gasteiger partial charge in [-0.25, -0.2) is 19.0 Å². The van der Waals surface area contributed by atoms with Crippen LogP contribution in [0.15, 0.2) is 36.5 Å². The summed E-state index contributed by atoms with van der Waals surface area (Å²) in [5.74, 6) is -0.0298. The van der Waals surface area contributed by atoms with Gasteiger partial charge in [-0.2, -0.15) is 5.10 Å². The normalized spacial score (nSPS) is 11.8. The molecular formula is C18H19FN6O4. The molecule has 1 atom stereocenters. The summed E-state index contributed by atoms with van der Waals surface area (Å²) in [7, 11) is 0. The first-order valence-corrected chi connectivity index (χ1v) is 8.67.